The molecule has 0 spiro atoms. The molecule has 1 N–H and O–H groups in total. The van der Waals surface area contributed by atoms with Crippen molar-refractivity contribution in [3.05, 3.63) is 29.3 Å². The maximum Gasteiger partial charge on any atom is 0.227 e. The van der Waals surface area contributed by atoms with Crippen molar-refractivity contribution in [3.8, 4) is 0 Å². The topological polar surface area (TPSA) is 49.4 Å². The average molecular weight is 335 g/mol. The Kier molecular flexibility index (Phi) is 5.21. The summed E-state index contributed by atoms with van der Waals surface area (Å²) in [5.41, 5.74) is 0.773. The van der Waals surface area contributed by atoms with Crippen molar-refractivity contribution in [2.24, 2.45) is 11.8 Å². The Hall–Kier alpha value is -1.55. The maximum absolute atomic E-state index is 12.4. The molecular weight excluding hydrogens is 312 g/mol. The molecule has 1 heterocycles. The molecule has 2 fully saturated rings. The Balaban J connectivity index is 1.49. The van der Waals surface area contributed by atoms with Crippen LogP contribution in [0, 0.1) is 11.8 Å². The van der Waals surface area contributed by atoms with Gasteiger partial charge in [-0.1, -0.05) is 11.6 Å². The van der Waals surface area contributed by atoms with Crippen LogP contribution in [0.3, 0.4) is 0 Å². The molecule has 4 nitrogen and oxygen atoms in total. The number of halogens is 1. The molecule has 1 aliphatic carbocycles. The van der Waals surface area contributed by atoms with Gasteiger partial charge in [-0.3, -0.25) is 9.59 Å². The van der Waals surface area contributed by atoms with Crippen molar-refractivity contribution in [2.45, 2.75) is 38.5 Å². The summed E-state index contributed by atoms with van der Waals surface area (Å²) in [6, 6.07) is 7.15. The number of likely N-dealkylation sites (tertiary alicyclic amines) is 1. The third-order valence-electron chi connectivity index (χ3n) is 4.98. The highest BCUT2D eigenvalue weighted by Crippen LogP contribution is 2.31. The Bertz CT molecular complexity index is 559. The van der Waals surface area contributed by atoms with E-state index in [2.05, 4.69) is 5.32 Å². The van der Waals surface area contributed by atoms with Crippen LogP contribution in [-0.2, 0) is 9.59 Å². The van der Waals surface area contributed by atoms with E-state index in [9.17, 15) is 9.59 Å². The lowest BCUT2D eigenvalue weighted by molar-refractivity contribution is -0.136. The summed E-state index contributed by atoms with van der Waals surface area (Å²) in [6.07, 6.45) is 5.50. The first-order valence-electron chi connectivity index (χ1n) is 8.49. The number of carbonyl (C=O) groups is 2. The van der Waals surface area contributed by atoms with Crippen molar-refractivity contribution in [1.82, 2.24) is 4.90 Å². The summed E-state index contributed by atoms with van der Waals surface area (Å²) in [5, 5.41) is 3.60. The molecule has 0 radical (unpaired) electrons. The average Bonchev–Trinajstić information content (AvgIpc) is 3.11. The first kappa shape index (κ1) is 16.3. The number of nitrogens with zero attached hydrogens (tertiary/aromatic N) is 1. The Labute approximate surface area is 142 Å². The van der Waals surface area contributed by atoms with Gasteiger partial charge < -0.3 is 10.2 Å². The highest BCUT2D eigenvalue weighted by molar-refractivity contribution is 6.30. The van der Waals surface area contributed by atoms with E-state index < -0.39 is 0 Å². The van der Waals surface area contributed by atoms with Crippen LogP contribution in [0.1, 0.15) is 38.5 Å². The molecule has 3 rings (SSSR count). The van der Waals surface area contributed by atoms with Gasteiger partial charge in [-0.2, -0.15) is 0 Å². The van der Waals surface area contributed by atoms with Gasteiger partial charge in [0.2, 0.25) is 11.8 Å². The molecule has 1 aliphatic heterocycles. The minimum atomic E-state index is 0.00769. The van der Waals surface area contributed by atoms with Gasteiger partial charge in [-0.05, 0) is 62.8 Å². The lowest BCUT2D eigenvalue weighted by Gasteiger charge is -2.29. The number of benzene rings is 1. The Morgan fingerprint density at radius 2 is 1.52 bits per heavy atom. The highest BCUT2D eigenvalue weighted by Gasteiger charge is 2.32. The molecule has 0 aromatic heterocycles. The summed E-state index contributed by atoms with van der Waals surface area (Å²) < 4.78 is 0. The van der Waals surface area contributed by atoms with Crippen molar-refractivity contribution in [2.75, 3.05) is 18.4 Å². The van der Waals surface area contributed by atoms with Gasteiger partial charge in [0.15, 0.2) is 0 Å². The highest BCUT2D eigenvalue weighted by atomic mass is 35.5. The number of rotatable bonds is 3. The van der Waals surface area contributed by atoms with Crippen LogP contribution in [0.4, 0.5) is 5.69 Å². The molecule has 1 aromatic rings. The van der Waals surface area contributed by atoms with E-state index >= 15 is 0 Å². The van der Waals surface area contributed by atoms with E-state index in [0.717, 1.165) is 57.3 Å². The largest absolute Gasteiger partial charge is 0.342 e. The van der Waals surface area contributed by atoms with Crippen LogP contribution in [0.5, 0.6) is 0 Å². The maximum atomic E-state index is 12.4. The zero-order valence-corrected chi connectivity index (χ0v) is 14.0. The van der Waals surface area contributed by atoms with Crippen molar-refractivity contribution in [1.29, 1.82) is 0 Å². The lowest BCUT2D eigenvalue weighted by Crippen LogP contribution is -2.37. The normalized spacial score (nSPS) is 24.5. The van der Waals surface area contributed by atoms with Gasteiger partial charge in [0.1, 0.15) is 0 Å². The first-order valence-corrected chi connectivity index (χ1v) is 8.86. The number of anilines is 1. The summed E-state index contributed by atoms with van der Waals surface area (Å²) in [7, 11) is 0. The number of hydrogen-bond acceptors (Lipinski definition) is 2. The second-order valence-electron chi connectivity index (χ2n) is 6.58. The van der Waals surface area contributed by atoms with Crippen LogP contribution < -0.4 is 5.32 Å². The number of nitrogens with one attached hydrogen (secondary N) is 1. The Morgan fingerprint density at radius 1 is 0.957 bits per heavy atom. The third-order valence-corrected chi connectivity index (χ3v) is 5.23. The molecule has 2 amide bonds. The van der Waals surface area contributed by atoms with Gasteiger partial charge in [0.05, 0.1) is 0 Å². The summed E-state index contributed by atoms with van der Waals surface area (Å²) in [5.74, 6) is 0.486. The number of carbonyl (C=O) groups excluding carboxylic acids is 2. The zero-order chi connectivity index (χ0) is 16.2. The van der Waals surface area contributed by atoms with Crippen LogP contribution in [0.25, 0.3) is 0 Å². The summed E-state index contributed by atoms with van der Waals surface area (Å²) >= 11 is 5.85. The molecule has 0 bridgehead atoms. The van der Waals surface area contributed by atoms with Gasteiger partial charge in [-0.25, -0.2) is 0 Å². The predicted octanol–water partition coefficient (Wildman–Crippen LogP) is 3.71. The monoisotopic (exact) mass is 334 g/mol. The minimum Gasteiger partial charge on any atom is -0.342 e. The number of amides is 2. The third kappa shape index (κ3) is 4.05. The predicted molar refractivity (Wildman–Crippen MR) is 91.3 cm³/mol. The molecule has 124 valence electrons. The molecule has 23 heavy (non-hydrogen) atoms. The molecule has 0 unspecified atom stereocenters. The van der Waals surface area contributed by atoms with Gasteiger partial charge in [0, 0.05) is 35.6 Å². The van der Waals surface area contributed by atoms with Crippen molar-refractivity contribution >= 4 is 29.1 Å². The lowest BCUT2D eigenvalue weighted by atomic mass is 9.81. The van der Waals surface area contributed by atoms with E-state index in [1.165, 1.54) is 0 Å². The van der Waals surface area contributed by atoms with Gasteiger partial charge in [0.25, 0.3) is 0 Å². The molecule has 5 heteroatoms. The number of hydrogen-bond donors (Lipinski definition) is 1. The molecular formula is C18H23ClN2O2. The van der Waals surface area contributed by atoms with Crippen LogP contribution >= 0.6 is 11.6 Å². The fraction of sp³-hybridized carbons (Fsp3) is 0.556. The van der Waals surface area contributed by atoms with Crippen LogP contribution in [0.15, 0.2) is 24.3 Å². The van der Waals surface area contributed by atoms with Crippen LogP contribution in [-0.4, -0.2) is 29.8 Å². The standard InChI is InChI=1S/C18H23ClN2O2/c19-15-7-9-16(10-8-15)20-17(22)13-3-5-14(6-4-13)18(23)21-11-1-2-12-21/h7-10,13-14H,1-6,11-12H2,(H,20,22). The van der Waals surface area contributed by atoms with E-state index in [-0.39, 0.29) is 17.7 Å². The van der Waals surface area contributed by atoms with Crippen molar-refractivity contribution < 1.29 is 9.59 Å². The van der Waals surface area contributed by atoms with E-state index in [0.29, 0.717) is 10.9 Å². The van der Waals surface area contributed by atoms with Crippen molar-refractivity contribution in [3.63, 3.8) is 0 Å². The van der Waals surface area contributed by atoms with E-state index in [1.54, 1.807) is 12.1 Å². The molecule has 0 atom stereocenters. The molecule has 1 saturated heterocycles. The fourth-order valence-electron chi connectivity index (χ4n) is 3.58. The SMILES string of the molecule is O=C(Nc1ccc(Cl)cc1)C1CCC(C(=O)N2CCCC2)CC1. The second kappa shape index (κ2) is 7.35. The quantitative estimate of drug-likeness (QED) is 0.916. The zero-order valence-electron chi connectivity index (χ0n) is 13.3. The van der Waals surface area contributed by atoms with Gasteiger partial charge >= 0.3 is 0 Å². The molecule has 2 aliphatic rings. The molecule has 1 saturated carbocycles. The fourth-order valence-corrected chi connectivity index (χ4v) is 3.70. The Morgan fingerprint density at radius 3 is 2.13 bits per heavy atom. The van der Waals surface area contributed by atoms with E-state index in [4.69, 9.17) is 11.6 Å². The summed E-state index contributed by atoms with van der Waals surface area (Å²) in [6.45, 7) is 1.83. The molecule has 1 aromatic carbocycles. The minimum absolute atomic E-state index is 0.00769. The summed E-state index contributed by atoms with van der Waals surface area (Å²) in [4.78, 5) is 26.8. The van der Waals surface area contributed by atoms with E-state index in [1.807, 2.05) is 17.0 Å². The first-order chi connectivity index (χ1) is 11.1. The van der Waals surface area contributed by atoms with Gasteiger partial charge in [-0.15, -0.1) is 0 Å². The smallest absolute Gasteiger partial charge is 0.227 e. The second-order valence-corrected chi connectivity index (χ2v) is 7.01. The van der Waals surface area contributed by atoms with Crippen LogP contribution in [0.2, 0.25) is 5.02 Å².